The van der Waals surface area contributed by atoms with Crippen molar-refractivity contribution in [2.75, 3.05) is 18.8 Å². The topological polar surface area (TPSA) is 97.5 Å². The van der Waals surface area contributed by atoms with Crippen LogP contribution >= 0.6 is 0 Å². The lowest BCUT2D eigenvalue weighted by molar-refractivity contribution is 0.155. The first-order valence-corrected chi connectivity index (χ1v) is 10.7. The average molecular weight is 361 g/mol. The summed E-state index contributed by atoms with van der Waals surface area (Å²) in [7, 11) is -6.98. The molecule has 0 aliphatic carbocycles. The molecule has 6 nitrogen and oxygen atoms in total. The summed E-state index contributed by atoms with van der Waals surface area (Å²) in [4.78, 5) is 0.249. The molecule has 0 amide bonds. The number of piperidine rings is 1. The van der Waals surface area contributed by atoms with Crippen LogP contribution < -0.4 is 5.73 Å². The summed E-state index contributed by atoms with van der Waals surface area (Å²) in [6.45, 7) is 6.19. The smallest absolute Gasteiger partial charge is 0.243 e. The molecule has 1 aromatic rings. The van der Waals surface area contributed by atoms with E-state index < -0.39 is 19.9 Å². The number of sulfonamides is 1. The van der Waals surface area contributed by atoms with Crippen LogP contribution in [0, 0.1) is 5.41 Å². The molecule has 130 valence electrons. The van der Waals surface area contributed by atoms with E-state index in [9.17, 15) is 16.8 Å². The maximum Gasteiger partial charge on any atom is 0.243 e. The van der Waals surface area contributed by atoms with Crippen molar-refractivity contribution in [1.82, 2.24) is 4.31 Å². The Morgan fingerprint density at radius 3 is 2.13 bits per heavy atom. The van der Waals surface area contributed by atoms with Gasteiger partial charge in [-0.25, -0.2) is 16.8 Å². The highest BCUT2D eigenvalue weighted by molar-refractivity contribution is 7.91. The third-order valence-corrected chi connectivity index (χ3v) is 8.09. The van der Waals surface area contributed by atoms with Gasteiger partial charge in [0, 0.05) is 19.1 Å². The van der Waals surface area contributed by atoms with Crippen molar-refractivity contribution in [1.29, 1.82) is 0 Å². The molecule has 0 spiro atoms. The molecule has 1 unspecified atom stereocenters. The normalized spacial score (nSPS) is 22.9. The van der Waals surface area contributed by atoms with Crippen LogP contribution in [-0.4, -0.2) is 46.0 Å². The second-order valence-corrected chi connectivity index (χ2v) is 10.8. The first-order chi connectivity index (χ1) is 10.5. The average Bonchev–Trinajstić information content (AvgIpc) is 2.50. The van der Waals surface area contributed by atoms with Gasteiger partial charge in [0.05, 0.1) is 15.5 Å². The molecular formula is C15H24N2O4S2. The van der Waals surface area contributed by atoms with Gasteiger partial charge in [-0.15, -0.1) is 0 Å². The van der Waals surface area contributed by atoms with Crippen molar-refractivity contribution >= 4 is 19.9 Å². The lowest BCUT2D eigenvalue weighted by Crippen LogP contribution is -2.53. The molecule has 23 heavy (non-hydrogen) atoms. The van der Waals surface area contributed by atoms with Gasteiger partial charge in [-0.05, 0) is 36.1 Å². The highest BCUT2D eigenvalue weighted by Crippen LogP contribution is 2.31. The van der Waals surface area contributed by atoms with E-state index in [-0.39, 0.29) is 27.0 Å². The first kappa shape index (κ1) is 18.4. The second kappa shape index (κ2) is 6.16. The van der Waals surface area contributed by atoms with Gasteiger partial charge >= 0.3 is 0 Å². The van der Waals surface area contributed by atoms with Crippen LogP contribution in [0.1, 0.15) is 27.2 Å². The number of benzene rings is 1. The summed E-state index contributed by atoms with van der Waals surface area (Å²) in [6.07, 6.45) is 0.606. The van der Waals surface area contributed by atoms with Crippen LogP contribution in [0.5, 0.6) is 0 Å². The van der Waals surface area contributed by atoms with Crippen molar-refractivity contribution in [2.45, 2.75) is 43.0 Å². The molecule has 1 saturated heterocycles. The first-order valence-electron chi connectivity index (χ1n) is 7.59. The Morgan fingerprint density at radius 2 is 1.65 bits per heavy atom. The van der Waals surface area contributed by atoms with Gasteiger partial charge in [-0.1, -0.05) is 20.8 Å². The van der Waals surface area contributed by atoms with Crippen LogP contribution in [0.2, 0.25) is 0 Å². The number of nitrogens with two attached hydrogens (primary N) is 1. The van der Waals surface area contributed by atoms with Crippen LogP contribution in [-0.2, 0) is 19.9 Å². The minimum atomic E-state index is -3.64. The largest absolute Gasteiger partial charge is 0.327 e. The maximum absolute atomic E-state index is 12.7. The van der Waals surface area contributed by atoms with E-state index in [0.717, 1.165) is 0 Å². The molecule has 8 heteroatoms. The predicted molar refractivity (Wildman–Crippen MR) is 89.3 cm³/mol. The number of rotatable bonds is 4. The molecule has 1 aliphatic heterocycles. The molecule has 2 N–H and O–H groups in total. The van der Waals surface area contributed by atoms with Crippen LogP contribution in [0.15, 0.2) is 34.1 Å². The van der Waals surface area contributed by atoms with Gasteiger partial charge in [0.2, 0.25) is 10.0 Å². The van der Waals surface area contributed by atoms with E-state index in [1.54, 1.807) is 6.92 Å². The molecule has 1 aliphatic rings. The summed E-state index contributed by atoms with van der Waals surface area (Å²) in [5.41, 5.74) is 5.76. The van der Waals surface area contributed by atoms with Gasteiger partial charge in [-0.2, -0.15) is 4.31 Å². The molecular weight excluding hydrogens is 336 g/mol. The van der Waals surface area contributed by atoms with Gasteiger partial charge < -0.3 is 5.73 Å². The number of sulfone groups is 1. The number of hydrogen-bond acceptors (Lipinski definition) is 5. The third kappa shape index (κ3) is 3.60. The molecule has 0 saturated carbocycles. The summed E-state index contributed by atoms with van der Waals surface area (Å²) in [5, 5.41) is 0. The maximum atomic E-state index is 12.7. The standard InChI is InChI=1S/C15H24N2O4S2/c1-4-22(18,19)12-5-7-13(8-6-12)23(20,21)17-10-9-14(16)15(2,3)11-17/h5-8,14H,4,9-11,16H2,1-3H3. The highest BCUT2D eigenvalue weighted by atomic mass is 32.2. The van der Waals surface area contributed by atoms with E-state index in [1.807, 2.05) is 13.8 Å². The monoisotopic (exact) mass is 360 g/mol. The number of hydrogen-bond donors (Lipinski definition) is 1. The van der Waals surface area contributed by atoms with Crippen LogP contribution in [0.25, 0.3) is 0 Å². The van der Waals surface area contributed by atoms with E-state index in [4.69, 9.17) is 5.73 Å². The third-order valence-electron chi connectivity index (χ3n) is 4.48. The van der Waals surface area contributed by atoms with Crippen molar-refractivity contribution in [2.24, 2.45) is 11.1 Å². The molecule has 2 rings (SSSR count). The Balaban J connectivity index is 2.30. The second-order valence-electron chi connectivity index (χ2n) is 6.60. The van der Waals surface area contributed by atoms with Gasteiger partial charge in [0.1, 0.15) is 0 Å². The summed E-state index contributed by atoms with van der Waals surface area (Å²) >= 11 is 0. The molecule has 0 aromatic heterocycles. The fourth-order valence-corrected chi connectivity index (χ4v) is 5.18. The fourth-order valence-electron chi connectivity index (χ4n) is 2.66. The summed E-state index contributed by atoms with van der Waals surface area (Å²) in [5.74, 6) is -0.0166. The zero-order valence-electron chi connectivity index (χ0n) is 13.7. The lowest BCUT2D eigenvalue weighted by atomic mass is 9.81. The van der Waals surface area contributed by atoms with E-state index in [0.29, 0.717) is 19.5 Å². The fraction of sp³-hybridized carbons (Fsp3) is 0.600. The molecule has 0 radical (unpaired) electrons. The molecule has 1 aromatic carbocycles. The van der Waals surface area contributed by atoms with Crippen LogP contribution in [0.3, 0.4) is 0 Å². The Hall–Kier alpha value is -0.960. The SMILES string of the molecule is CCS(=O)(=O)c1ccc(S(=O)(=O)N2CCC(N)C(C)(C)C2)cc1. The minimum absolute atomic E-state index is 0.0166. The minimum Gasteiger partial charge on any atom is -0.327 e. The zero-order chi connectivity index (χ0) is 17.5. The van der Waals surface area contributed by atoms with E-state index in [2.05, 4.69) is 0 Å². The summed E-state index contributed by atoms with van der Waals surface area (Å²) in [6, 6.07) is 5.39. The van der Waals surface area contributed by atoms with Crippen molar-refractivity contribution in [3.8, 4) is 0 Å². The van der Waals surface area contributed by atoms with E-state index >= 15 is 0 Å². The van der Waals surface area contributed by atoms with Gasteiger partial charge in [0.25, 0.3) is 0 Å². The quantitative estimate of drug-likeness (QED) is 0.871. The van der Waals surface area contributed by atoms with Crippen LogP contribution in [0.4, 0.5) is 0 Å². The van der Waals surface area contributed by atoms with Crippen molar-refractivity contribution < 1.29 is 16.8 Å². The predicted octanol–water partition coefficient (Wildman–Crippen LogP) is 1.23. The van der Waals surface area contributed by atoms with Crippen molar-refractivity contribution in [3.05, 3.63) is 24.3 Å². The van der Waals surface area contributed by atoms with Crippen molar-refractivity contribution in [3.63, 3.8) is 0 Å². The summed E-state index contributed by atoms with van der Waals surface area (Å²) < 4.78 is 50.5. The Bertz CT molecular complexity index is 768. The molecule has 1 atom stereocenters. The number of nitrogens with zero attached hydrogens (tertiary/aromatic N) is 1. The van der Waals surface area contributed by atoms with Gasteiger partial charge in [0.15, 0.2) is 9.84 Å². The highest BCUT2D eigenvalue weighted by Gasteiger charge is 2.38. The molecule has 0 bridgehead atoms. The van der Waals surface area contributed by atoms with Gasteiger partial charge in [-0.3, -0.25) is 0 Å². The molecule has 1 heterocycles. The zero-order valence-corrected chi connectivity index (χ0v) is 15.3. The van der Waals surface area contributed by atoms with E-state index in [1.165, 1.54) is 28.6 Å². The lowest BCUT2D eigenvalue weighted by Gasteiger charge is -2.41. The Morgan fingerprint density at radius 1 is 1.13 bits per heavy atom. The molecule has 1 fully saturated rings. The Labute approximate surface area is 138 Å². The Kier molecular flexibility index (Phi) is 4.92.